The SMILES string of the molecule is CN1CCC(N(C)C2CCCC2CN)C1. The molecule has 1 saturated heterocycles. The van der Waals surface area contributed by atoms with Crippen molar-refractivity contribution in [2.24, 2.45) is 11.7 Å². The molecule has 2 fully saturated rings. The fourth-order valence-electron chi connectivity index (χ4n) is 3.34. The molecule has 0 amide bonds. The Kier molecular flexibility index (Phi) is 3.65. The van der Waals surface area contributed by atoms with Gasteiger partial charge in [0.2, 0.25) is 0 Å². The van der Waals surface area contributed by atoms with E-state index in [1.807, 2.05) is 0 Å². The Morgan fingerprint density at radius 2 is 2.13 bits per heavy atom. The first-order valence-corrected chi connectivity index (χ1v) is 6.33. The molecular weight excluding hydrogens is 186 g/mol. The Morgan fingerprint density at radius 1 is 1.33 bits per heavy atom. The summed E-state index contributed by atoms with van der Waals surface area (Å²) in [7, 11) is 4.53. The van der Waals surface area contributed by atoms with E-state index in [9.17, 15) is 0 Å². The number of likely N-dealkylation sites (N-methyl/N-ethyl adjacent to an activating group) is 2. The number of rotatable bonds is 3. The maximum atomic E-state index is 5.85. The highest BCUT2D eigenvalue weighted by Gasteiger charge is 2.34. The second kappa shape index (κ2) is 4.81. The first-order valence-electron chi connectivity index (χ1n) is 6.33. The third-order valence-electron chi connectivity index (χ3n) is 4.39. The maximum Gasteiger partial charge on any atom is 0.0235 e. The molecule has 1 aliphatic carbocycles. The molecular formula is C12H25N3. The van der Waals surface area contributed by atoms with Crippen LogP contribution >= 0.6 is 0 Å². The van der Waals surface area contributed by atoms with E-state index in [2.05, 4.69) is 23.9 Å². The van der Waals surface area contributed by atoms with Crippen LogP contribution in [0.25, 0.3) is 0 Å². The molecule has 3 heteroatoms. The molecule has 1 heterocycles. The van der Waals surface area contributed by atoms with Crippen molar-refractivity contribution in [2.75, 3.05) is 33.7 Å². The van der Waals surface area contributed by atoms with E-state index in [1.54, 1.807) is 0 Å². The van der Waals surface area contributed by atoms with Gasteiger partial charge in [-0.2, -0.15) is 0 Å². The van der Waals surface area contributed by atoms with Crippen LogP contribution in [0.1, 0.15) is 25.7 Å². The monoisotopic (exact) mass is 211 g/mol. The first-order chi connectivity index (χ1) is 7.22. The zero-order valence-electron chi connectivity index (χ0n) is 10.2. The van der Waals surface area contributed by atoms with Gasteiger partial charge in [-0.3, -0.25) is 4.90 Å². The van der Waals surface area contributed by atoms with Crippen molar-refractivity contribution < 1.29 is 0 Å². The Labute approximate surface area is 93.6 Å². The van der Waals surface area contributed by atoms with Gasteiger partial charge in [0.05, 0.1) is 0 Å². The number of nitrogens with zero attached hydrogens (tertiary/aromatic N) is 2. The van der Waals surface area contributed by atoms with Crippen molar-refractivity contribution in [3.05, 3.63) is 0 Å². The normalized spacial score (nSPS) is 38.0. The summed E-state index contributed by atoms with van der Waals surface area (Å²) in [5, 5.41) is 0. The van der Waals surface area contributed by atoms with E-state index >= 15 is 0 Å². The van der Waals surface area contributed by atoms with Crippen molar-refractivity contribution in [3.8, 4) is 0 Å². The van der Waals surface area contributed by atoms with E-state index in [1.165, 1.54) is 38.8 Å². The first kappa shape index (κ1) is 11.4. The van der Waals surface area contributed by atoms with Crippen LogP contribution in [-0.2, 0) is 0 Å². The molecule has 0 aromatic heterocycles. The maximum absolute atomic E-state index is 5.85. The Hall–Kier alpha value is -0.120. The second-order valence-corrected chi connectivity index (χ2v) is 5.36. The molecule has 2 aliphatic rings. The minimum atomic E-state index is 0.751. The van der Waals surface area contributed by atoms with Crippen LogP contribution in [0.2, 0.25) is 0 Å². The van der Waals surface area contributed by atoms with E-state index in [0.717, 1.165) is 24.5 Å². The Morgan fingerprint density at radius 3 is 2.73 bits per heavy atom. The predicted molar refractivity (Wildman–Crippen MR) is 63.8 cm³/mol. The summed E-state index contributed by atoms with van der Waals surface area (Å²) < 4.78 is 0. The fraction of sp³-hybridized carbons (Fsp3) is 1.00. The molecule has 3 nitrogen and oxygen atoms in total. The highest BCUT2D eigenvalue weighted by molar-refractivity contribution is 4.90. The quantitative estimate of drug-likeness (QED) is 0.748. The van der Waals surface area contributed by atoms with Crippen LogP contribution in [0.15, 0.2) is 0 Å². The van der Waals surface area contributed by atoms with Crippen LogP contribution in [0.3, 0.4) is 0 Å². The fourth-order valence-corrected chi connectivity index (χ4v) is 3.34. The summed E-state index contributed by atoms with van der Waals surface area (Å²) in [6.45, 7) is 3.37. The highest BCUT2D eigenvalue weighted by atomic mass is 15.2. The van der Waals surface area contributed by atoms with Gasteiger partial charge in [0.1, 0.15) is 0 Å². The van der Waals surface area contributed by atoms with Crippen molar-refractivity contribution in [2.45, 2.75) is 37.8 Å². The van der Waals surface area contributed by atoms with Crippen LogP contribution in [-0.4, -0.2) is 55.6 Å². The summed E-state index contributed by atoms with van der Waals surface area (Å²) in [6.07, 6.45) is 5.41. The third kappa shape index (κ3) is 2.35. The van der Waals surface area contributed by atoms with Gasteiger partial charge in [-0.25, -0.2) is 0 Å². The molecule has 2 N–H and O–H groups in total. The molecule has 88 valence electrons. The minimum Gasteiger partial charge on any atom is -0.330 e. The number of hydrogen-bond acceptors (Lipinski definition) is 3. The molecule has 1 aliphatic heterocycles. The van der Waals surface area contributed by atoms with E-state index in [0.29, 0.717) is 0 Å². The molecule has 3 unspecified atom stereocenters. The van der Waals surface area contributed by atoms with E-state index in [-0.39, 0.29) is 0 Å². The Balaban J connectivity index is 1.92. The lowest BCUT2D eigenvalue weighted by atomic mass is 10.0. The molecule has 0 spiro atoms. The average Bonchev–Trinajstić information content (AvgIpc) is 2.84. The highest BCUT2D eigenvalue weighted by Crippen LogP contribution is 2.31. The van der Waals surface area contributed by atoms with E-state index in [4.69, 9.17) is 5.73 Å². The van der Waals surface area contributed by atoms with Gasteiger partial charge in [0.15, 0.2) is 0 Å². The zero-order valence-corrected chi connectivity index (χ0v) is 10.2. The summed E-state index contributed by atoms with van der Waals surface area (Å²) >= 11 is 0. The number of hydrogen-bond donors (Lipinski definition) is 1. The molecule has 0 aromatic carbocycles. The van der Waals surface area contributed by atoms with Crippen LogP contribution < -0.4 is 5.73 Å². The molecule has 0 radical (unpaired) electrons. The molecule has 15 heavy (non-hydrogen) atoms. The molecule has 0 bridgehead atoms. The summed E-state index contributed by atoms with van der Waals surface area (Å²) in [4.78, 5) is 5.06. The largest absolute Gasteiger partial charge is 0.330 e. The van der Waals surface area contributed by atoms with Crippen LogP contribution in [0, 0.1) is 5.92 Å². The van der Waals surface area contributed by atoms with Crippen LogP contribution in [0.4, 0.5) is 0 Å². The molecule has 1 saturated carbocycles. The average molecular weight is 211 g/mol. The number of likely N-dealkylation sites (tertiary alicyclic amines) is 1. The van der Waals surface area contributed by atoms with Crippen molar-refractivity contribution in [1.29, 1.82) is 0 Å². The standard InChI is InChI=1S/C12H25N3/c1-14-7-6-11(9-14)15(2)12-5-3-4-10(12)8-13/h10-12H,3-9,13H2,1-2H3. The van der Waals surface area contributed by atoms with Gasteiger partial charge < -0.3 is 10.6 Å². The lowest BCUT2D eigenvalue weighted by Gasteiger charge is -2.33. The second-order valence-electron chi connectivity index (χ2n) is 5.36. The van der Waals surface area contributed by atoms with Gasteiger partial charge >= 0.3 is 0 Å². The topological polar surface area (TPSA) is 32.5 Å². The molecule has 2 rings (SSSR count). The third-order valence-corrected chi connectivity index (χ3v) is 4.39. The van der Waals surface area contributed by atoms with Gasteiger partial charge in [0, 0.05) is 18.6 Å². The summed E-state index contributed by atoms with van der Waals surface area (Å²) in [6, 6.07) is 1.53. The van der Waals surface area contributed by atoms with Crippen molar-refractivity contribution in [3.63, 3.8) is 0 Å². The van der Waals surface area contributed by atoms with Crippen molar-refractivity contribution >= 4 is 0 Å². The van der Waals surface area contributed by atoms with E-state index < -0.39 is 0 Å². The number of nitrogens with two attached hydrogens (primary N) is 1. The van der Waals surface area contributed by atoms with Crippen LogP contribution in [0.5, 0.6) is 0 Å². The predicted octanol–water partition coefficient (Wildman–Crippen LogP) is 0.750. The van der Waals surface area contributed by atoms with Gasteiger partial charge in [0.25, 0.3) is 0 Å². The summed E-state index contributed by atoms with van der Waals surface area (Å²) in [5.74, 6) is 0.751. The molecule has 3 atom stereocenters. The Bertz CT molecular complexity index is 207. The van der Waals surface area contributed by atoms with Crippen molar-refractivity contribution in [1.82, 2.24) is 9.80 Å². The lowest BCUT2D eigenvalue weighted by Crippen LogP contribution is -2.44. The van der Waals surface area contributed by atoms with Gasteiger partial charge in [-0.1, -0.05) is 6.42 Å². The molecule has 0 aromatic rings. The van der Waals surface area contributed by atoms with Gasteiger partial charge in [-0.15, -0.1) is 0 Å². The van der Waals surface area contributed by atoms with Gasteiger partial charge in [-0.05, 0) is 52.4 Å². The minimum absolute atomic E-state index is 0.751. The smallest absolute Gasteiger partial charge is 0.0235 e. The lowest BCUT2D eigenvalue weighted by molar-refractivity contribution is 0.145. The summed E-state index contributed by atoms with van der Waals surface area (Å²) in [5.41, 5.74) is 5.85. The zero-order chi connectivity index (χ0) is 10.8.